The molecule has 0 radical (unpaired) electrons. The van der Waals surface area contributed by atoms with Crippen LogP contribution < -0.4 is 16.6 Å². The number of benzene rings is 1. The molecule has 0 aliphatic carbocycles. The van der Waals surface area contributed by atoms with Gasteiger partial charge in [0, 0.05) is 58.8 Å². The summed E-state index contributed by atoms with van der Waals surface area (Å²) >= 11 is 12.2. The number of rotatable bonds is 4. The van der Waals surface area contributed by atoms with Crippen molar-refractivity contribution in [2.75, 3.05) is 6.54 Å². The van der Waals surface area contributed by atoms with Crippen molar-refractivity contribution < 1.29 is 9.18 Å². The normalized spacial score (nSPS) is 19.6. The summed E-state index contributed by atoms with van der Waals surface area (Å²) in [6.07, 6.45) is 7.12. The van der Waals surface area contributed by atoms with Crippen LogP contribution in [0.4, 0.5) is 4.39 Å². The number of fused-ring (bicyclic) bond motifs is 2. The molecule has 3 N–H and O–H groups in total. The van der Waals surface area contributed by atoms with E-state index in [1.54, 1.807) is 36.5 Å². The van der Waals surface area contributed by atoms with Crippen LogP contribution in [0, 0.1) is 11.7 Å². The van der Waals surface area contributed by atoms with E-state index < -0.39 is 17.4 Å². The van der Waals surface area contributed by atoms with Gasteiger partial charge >= 0.3 is 0 Å². The number of carbonyl (C=O) groups is 1. The molecule has 10 nitrogen and oxygen atoms in total. The number of aliphatic imine (C=N–C) groups is 1. The minimum Gasteiger partial charge on any atom is -0.403 e. The van der Waals surface area contributed by atoms with Gasteiger partial charge in [0.05, 0.1) is 35.0 Å². The van der Waals surface area contributed by atoms with E-state index in [4.69, 9.17) is 28.9 Å². The van der Waals surface area contributed by atoms with Crippen LogP contribution in [0.2, 0.25) is 10.2 Å². The number of allylic oxidation sites excluding steroid dienone is 1. The number of halogens is 3. The first-order valence-corrected chi connectivity index (χ1v) is 14.5. The monoisotopic (exact) mass is 622 g/mol. The van der Waals surface area contributed by atoms with Gasteiger partial charge in [0.15, 0.2) is 5.15 Å². The molecule has 0 saturated heterocycles. The Morgan fingerprint density at radius 3 is 2.67 bits per heavy atom. The highest BCUT2D eigenvalue weighted by atomic mass is 35.5. The zero-order valence-corrected chi connectivity index (χ0v) is 25.0. The third kappa shape index (κ3) is 6.37. The smallest absolute Gasteiger partial charge is 0.251 e. The minimum atomic E-state index is -0.647. The average molecular weight is 624 g/mol. The molecule has 0 saturated carbocycles. The van der Waals surface area contributed by atoms with E-state index >= 15 is 4.39 Å². The Bertz CT molecular complexity index is 1800. The average Bonchev–Trinajstić information content (AvgIpc) is 3.43. The first-order valence-electron chi connectivity index (χ1n) is 13.7. The Kier molecular flexibility index (Phi) is 9.02. The Labute approximate surface area is 257 Å². The van der Waals surface area contributed by atoms with Gasteiger partial charge in [-0.3, -0.25) is 19.6 Å². The molecular weight excluding hydrogens is 594 g/mol. The van der Waals surface area contributed by atoms with E-state index in [1.165, 1.54) is 33.9 Å². The van der Waals surface area contributed by atoms with Crippen molar-refractivity contribution in [1.29, 1.82) is 0 Å². The molecule has 4 heterocycles. The highest BCUT2D eigenvalue weighted by molar-refractivity contribution is 6.31. The zero-order valence-electron chi connectivity index (χ0n) is 23.5. The summed E-state index contributed by atoms with van der Waals surface area (Å²) in [5.74, 6) is -1.18. The van der Waals surface area contributed by atoms with Crippen LogP contribution in [0.25, 0.3) is 16.8 Å². The molecule has 222 valence electrons. The molecule has 1 aliphatic rings. The lowest BCUT2D eigenvalue weighted by Crippen LogP contribution is -2.34. The van der Waals surface area contributed by atoms with Gasteiger partial charge < -0.3 is 15.6 Å². The summed E-state index contributed by atoms with van der Waals surface area (Å²) in [6, 6.07) is 8.99. The number of nitrogens with two attached hydrogens (primary N) is 1. The predicted molar refractivity (Wildman–Crippen MR) is 164 cm³/mol. The summed E-state index contributed by atoms with van der Waals surface area (Å²) in [6.45, 7) is 4.14. The van der Waals surface area contributed by atoms with Crippen LogP contribution in [-0.2, 0) is 4.79 Å². The molecule has 1 amide bonds. The Morgan fingerprint density at radius 2 is 1.95 bits per heavy atom. The second-order valence-corrected chi connectivity index (χ2v) is 11.0. The third-order valence-electron chi connectivity index (χ3n) is 7.28. The molecule has 4 aromatic rings. The van der Waals surface area contributed by atoms with Crippen LogP contribution >= 0.6 is 23.2 Å². The molecule has 1 aliphatic heterocycles. The molecule has 0 unspecified atom stereocenters. The summed E-state index contributed by atoms with van der Waals surface area (Å²) in [7, 11) is 0. The van der Waals surface area contributed by atoms with Gasteiger partial charge in [0.25, 0.3) is 5.56 Å². The molecule has 1 aromatic carbocycles. The van der Waals surface area contributed by atoms with Crippen molar-refractivity contribution in [2.45, 2.75) is 39.2 Å². The van der Waals surface area contributed by atoms with Crippen molar-refractivity contribution in [3.63, 3.8) is 0 Å². The molecule has 2 bridgehead atoms. The van der Waals surface area contributed by atoms with E-state index in [9.17, 15) is 9.59 Å². The van der Waals surface area contributed by atoms with E-state index in [1.807, 2.05) is 13.8 Å². The van der Waals surface area contributed by atoms with Gasteiger partial charge in [-0.05, 0) is 50.1 Å². The number of carbonyl (C=O) groups excluding carboxylic acids is 1. The molecule has 0 spiro atoms. The SMILES string of the molecule is CCN=C1C(=CN)NC(=O)[C@H](C)CCC[C@H](n2cc(F)c(-c3cc(Cl)ccc3-n3cc(Cl)nn3)cc2=O)c2cc1ccn2. The fourth-order valence-corrected chi connectivity index (χ4v) is 5.44. The van der Waals surface area contributed by atoms with Crippen LogP contribution in [-0.4, -0.2) is 42.7 Å². The number of aromatic nitrogens is 5. The van der Waals surface area contributed by atoms with Crippen molar-refractivity contribution in [2.24, 2.45) is 16.6 Å². The van der Waals surface area contributed by atoms with Gasteiger partial charge in [-0.15, -0.1) is 5.10 Å². The van der Waals surface area contributed by atoms with Crippen LogP contribution in [0.1, 0.15) is 50.4 Å². The minimum absolute atomic E-state index is 0.0422. The molecule has 13 heteroatoms. The zero-order chi connectivity index (χ0) is 30.7. The number of hydrogen-bond acceptors (Lipinski definition) is 7. The van der Waals surface area contributed by atoms with Crippen LogP contribution in [0.15, 0.2) is 76.7 Å². The molecule has 43 heavy (non-hydrogen) atoms. The van der Waals surface area contributed by atoms with Crippen LogP contribution in [0.3, 0.4) is 0 Å². The van der Waals surface area contributed by atoms with Crippen molar-refractivity contribution in [1.82, 2.24) is 29.9 Å². The first kappa shape index (κ1) is 30.1. The highest BCUT2D eigenvalue weighted by Crippen LogP contribution is 2.32. The predicted octanol–water partition coefficient (Wildman–Crippen LogP) is 5.07. The van der Waals surface area contributed by atoms with Gasteiger partial charge in [-0.1, -0.05) is 41.8 Å². The summed E-state index contributed by atoms with van der Waals surface area (Å²) in [5.41, 5.74) is 8.37. The maximum absolute atomic E-state index is 16.0. The van der Waals surface area contributed by atoms with E-state index in [0.29, 0.717) is 64.7 Å². The highest BCUT2D eigenvalue weighted by Gasteiger charge is 2.25. The fourth-order valence-electron chi connectivity index (χ4n) is 5.14. The molecular formula is C30H29Cl2FN8O2. The quantitative estimate of drug-likeness (QED) is 0.326. The van der Waals surface area contributed by atoms with Crippen molar-refractivity contribution >= 4 is 34.8 Å². The third-order valence-corrected chi connectivity index (χ3v) is 7.69. The van der Waals surface area contributed by atoms with Crippen LogP contribution in [0.5, 0.6) is 0 Å². The molecule has 2 atom stereocenters. The lowest BCUT2D eigenvalue weighted by Gasteiger charge is -2.23. The second kappa shape index (κ2) is 12.9. The molecule has 5 rings (SSSR count). The van der Waals surface area contributed by atoms with Crippen molar-refractivity contribution in [3.8, 4) is 16.8 Å². The lowest BCUT2D eigenvalue weighted by molar-refractivity contribution is -0.123. The number of amides is 1. The maximum Gasteiger partial charge on any atom is 0.251 e. The largest absolute Gasteiger partial charge is 0.403 e. The fraction of sp³-hybridized carbons (Fsp3) is 0.267. The summed E-state index contributed by atoms with van der Waals surface area (Å²) in [5, 5.41) is 11.2. The Morgan fingerprint density at radius 1 is 1.14 bits per heavy atom. The number of nitrogens with zero attached hydrogens (tertiary/aromatic N) is 6. The second-order valence-electron chi connectivity index (χ2n) is 10.1. The first-order chi connectivity index (χ1) is 20.7. The maximum atomic E-state index is 16.0. The number of pyridine rings is 2. The molecule has 0 fully saturated rings. The van der Waals surface area contributed by atoms with Crippen molar-refractivity contribution in [3.05, 3.63) is 104 Å². The van der Waals surface area contributed by atoms with Gasteiger partial charge in [0.2, 0.25) is 5.91 Å². The van der Waals surface area contributed by atoms with E-state index in [-0.39, 0.29) is 22.5 Å². The number of nitrogens with one attached hydrogen (secondary N) is 1. The van der Waals surface area contributed by atoms with Gasteiger partial charge in [0.1, 0.15) is 5.82 Å². The number of hydrogen-bond donors (Lipinski definition) is 2. The lowest BCUT2D eigenvalue weighted by atomic mass is 9.95. The van der Waals surface area contributed by atoms with E-state index in [2.05, 4.69) is 25.6 Å². The van der Waals surface area contributed by atoms with Gasteiger partial charge in [-0.2, -0.15) is 0 Å². The Balaban J connectivity index is 1.63. The summed E-state index contributed by atoms with van der Waals surface area (Å²) in [4.78, 5) is 35.8. The molecule has 3 aromatic heterocycles. The van der Waals surface area contributed by atoms with E-state index in [0.717, 1.165) is 0 Å². The topological polar surface area (TPSA) is 133 Å². The standard InChI is InChI=1S/C30H29Cl2FN8O2/c1-3-35-29-18-9-10-36-23(11-18)26(6-4-5-17(2)30(43)37-24(29)14-34)40-15-22(33)20(13-28(40)42)21-12-19(31)7-8-25(21)41-16-27(32)38-39-41/h7-17,26H,3-6,34H2,1-2H3,(H,37,43)/t17-,26+/m1/s1. The Hall–Kier alpha value is -4.35. The van der Waals surface area contributed by atoms with Gasteiger partial charge in [-0.25, -0.2) is 9.07 Å². The summed E-state index contributed by atoms with van der Waals surface area (Å²) < 4.78 is 18.7.